The number of aromatic nitrogens is 5. The van der Waals surface area contributed by atoms with Crippen LogP contribution in [0.5, 0.6) is 5.75 Å². The minimum atomic E-state index is -0.916. The molecule has 57 heavy (non-hydrogen) atoms. The molecule has 6 aromatic carbocycles. The Morgan fingerprint density at radius 2 is 1.25 bits per heavy atom. The summed E-state index contributed by atoms with van der Waals surface area (Å²) in [6.45, 7) is 6.25. The molecule has 0 radical (unpaired) electrons. The summed E-state index contributed by atoms with van der Waals surface area (Å²) in [5, 5.41) is 14.9. The standard InChI is InChI=1S/C49H41N5O3/c1-4-56-48(55)39-21-17-20-38(32-39)46-35(3)50-34(2)30-45(46)57-33-36-28-29-43(37-18-9-5-10-19-37)44(31-36)47-51-53-54(52-47)49(40-22-11-6-12-23-40,41-24-13-7-14-25-41)42-26-15-8-16-27-42/h5-32H,4,33H2,1-3H3. The van der Waals surface area contributed by atoms with Gasteiger partial charge in [-0.1, -0.05) is 146 Å². The van der Waals surface area contributed by atoms with Crippen LogP contribution in [0, 0.1) is 13.8 Å². The maximum absolute atomic E-state index is 12.6. The fraction of sp³-hybridized carbons (Fsp3) is 0.122. The smallest absolute Gasteiger partial charge is 0.338 e. The molecule has 0 aliphatic rings. The largest absolute Gasteiger partial charge is 0.488 e. The van der Waals surface area contributed by atoms with Gasteiger partial charge in [-0.05, 0) is 83.1 Å². The Morgan fingerprint density at radius 3 is 1.86 bits per heavy atom. The Morgan fingerprint density at radius 1 is 0.649 bits per heavy atom. The van der Waals surface area contributed by atoms with Crippen LogP contribution in [0.25, 0.3) is 33.6 Å². The van der Waals surface area contributed by atoms with Gasteiger partial charge >= 0.3 is 5.97 Å². The molecule has 8 nitrogen and oxygen atoms in total. The molecule has 2 aromatic heterocycles. The summed E-state index contributed by atoms with van der Waals surface area (Å²) in [6.07, 6.45) is 0. The number of hydrogen-bond acceptors (Lipinski definition) is 7. The molecule has 0 saturated heterocycles. The Kier molecular flexibility index (Phi) is 10.5. The van der Waals surface area contributed by atoms with Crippen LogP contribution < -0.4 is 4.74 Å². The second kappa shape index (κ2) is 16.3. The van der Waals surface area contributed by atoms with E-state index in [9.17, 15) is 4.79 Å². The van der Waals surface area contributed by atoms with Crippen molar-refractivity contribution in [3.63, 3.8) is 0 Å². The van der Waals surface area contributed by atoms with E-state index in [0.717, 1.165) is 61.5 Å². The van der Waals surface area contributed by atoms with Crippen LogP contribution in [0.4, 0.5) is 0 Å². The molecular weight excluding hydrogens is 707 g/mol. The van der Waals surface area contributed by atoms with Crippen molar-refractivity contribution in [3.8, 4) is 39.4 Å². The number of benzene rings is 6. The van der Waals surface area contributed by atoms with E-state index in [-0.39, 0.29) is 12.6 Å². The Bertz CT molecular complexity index is 2530. The van der Waals surface area contributed by atoms with Gasteiger partial charge in [-0.2, -0.15) is 0 Å². The summed E-state index contributed by atoms with van der Waals surface area (Å²) in [4.78, 5) is 19.1. The third-order valence-corrected chi connectivity index (χ3v) is 10.0. The monoisotopic (exact) mass is 747 g/mol. The van der Waals surface area contributed by atoms with E-state index in [0.29, 0.717) is 23.7 Å². The van der Waals surface area contributed by atoms with Crippen molar-refractivity contribution in [1.29, 1.82) is 0 Å². The topological polar surface area (TPSA) is 92.0 Å². The number of carbonyl (C=O) groups excluding carboxylic acids is 1. The number of hydrogen-bond donors (Lipinski definition) is 0. The molecule has 0 fully saturated rings. The molecule has 8 rings (SSSR count). The summed E-state index contributed by atoms with van der Waals surface area (Å²) < 4.78 is 11.9. The van der Waals surface area contributed by atoms with Crippen molar-refractivity contribution in [1.82, 2.24) is 25.2 Å². The van der Waals surface area contributed by atoms with Crippen LogP contribution in [0.2, 0.25) is 0 Å². The lowest BCUT2D eigenvalue weighted by atomic mass is 9.77. The molecule has 2 heterocycles. The molecule has 0 aliphatic heterocycles. The van der Waals surface area contributed by atoms with E-state index in [1.54, 1.807) is 17.8 Å². The van der Waals surface area contributed by atoms with Gasteiger partial charge in [0.1, 0.15) is 12.4 Å². The minimum absolute atomic E-state index is 0.256. The first-order chi connectivity index (χ1) is 27.9. The van der Waals surface area contributed by atoms with Crippen molar-refractivity contribution in [2.75, 3.05) is 6.61 Å². The lowest BCUT2D eigenvalue weighted by Gasteiger charge is -2.34. The van der Waals surface area contributed by atoms with E-state index >= 15 is 0 Å². The normalized spacial score (nSPS) is 11.3. The highest BCUT2D eigenvalue weighted by atomic mass is 16.5. The predicted octanol–water partition coefficient (Wildman–Crippen LogP) is 10.3. The van der Waals surface area contributed by atoms with E-state index in [1.807, 2.05) is 111 Å². The SMILES string of the molecule is CCOC(=O)c1cccc(-c2c(OCc3ccc(-c4ccccc4)c(-c4nnn(C(c5ccccc5)(c5ccccc5)c5ccccc5)n4)c3)cc(C)nc2C)c1. The van der Waals surface area contributed by atoms with Gasteiger partial charge in [-0.25, -0.2) is 4.79 Å². The molecule has 0 N–H and O–H groups in total. The third-order valence-electron chi connectivity index (χ3n) is 10.0. The fourth-order valence-corrected chi connectivity index (χ4v) is 7.52. The Hall–Kier alpha value is -7.19. The van der Waals surface area contributed by atoms with Crippen molar-refractivity contribution in [2.45, 2.75) is 32.9 Å². The minimum Gasteiger partial charge on any atom is -0.488 e. The number of carbonyl (C=O) groups is 1. The maximum Gasteiger partial charge on any atom is 0.338 e. The van der Waals surface area contributed by atoms with Gasteiger partial charge in [0.25, 0.3) is 0 Å². The van der Waals surface area contributed by atoms with Crippen molar-refractivity contribution >= 4 is 5.97 Å². The van der Waals surface area contributed by atoms with E-state index < -0.39 is 5.54 Å². The first-order valence-corrected chi connectivity index (χ1v) is 19.0. The second-order valence-corrected chi connectivity index (χ2v) is 13.8. The van der Waals surface area contributed by atoms with Crippen LogP contribution in [-0.4, -0.2) is 37.8 Å². The predicted molar refractivity (Wildman–Crippen MR) is 223 cm³/mol. The summed E-state index contributed by atoms with van der Waals surface area (Å²) >= 11 is 0. The molecule has 0 unspecified atom stereocenters. The maximum atomic E-state index is 12.6. The van der Waals surface area contributed by atoms with Gasteiger partial charge in [0.2, 0.25) is 5.82 Å². The summed E-state index contributed by atoms with van der Waals surface area (Å²) in [6, 6.07) is 56.8. The molecule has 0 spiro atoms. The molecule has 8 aromatic rings. The van der Waals surface area contributed by atoms with Crippen LogP contribution >= 0.6 is 0 Å². The molecular formula is C49H41N5O3. The molecule has 0 saturated carbocycles. The van der Waals surface area contributed by atoms with Gasteiger partial charge in [-0.15, -0.1) is 15.0 Å². The zero-order chi connectivity index (χ0) is 39.2. The van der Waals surface area contributed by atoms with Crippen LogP contribution in [0.1, 0.15) is 50.9 Å². The number of aryl methyl sites for hydroxylation is 2. The van der Waals surface area contributed by atoms with Crippen LogP contribution in [0.3, 0.4) is 0 Å². The van der Waals surface area contributed by atoms with Gasteiger partial charge in [0.15, 0.2) is 5.54 Å². The number of nitrogens with zero attached hydrogens (tertiary/aromatic N) is 5. The Balaban J connectivity index is 1.22. The average Bonchev–Trinajstić information content (AvgIpc) is 3.75. The Labute approximate surface area is 332 Å². The quantitative estimate of drug-likeness (QED) is 0.0908. The number of pyridine rings is 1. The summed E-state index contributed by atoms with van der Waals surface area (Å²) in [5.74, 6) is 0.775. The zero-order valence-corrected chi connectivity index (χ0v) is 32.0. The van der Waals surface area contributed by atoms with Gasteiger partial charge in [0, 0.05) is 28.6 Å². The first-order valence-electron chi connectivity index (χ1n) is 19.0. The van der Waals surface area contributed by atoms with Gasteiger partial charge in [-0.3, -0.25) is 4.98 Å². The number of tetrazole rings is 1. The summed E-state index contributed by atoms with van der Waals surface area (Å²) in [7, 11) is 0. The van der Waals surface area contributed by atoms with Crippen LogP contribution in [0.15, 0.2) is 170 Å². The first kappa shape index (κ1) is 36.8. The molecule has 0 amide bonds. The van der Waals surface area contributed by atoms with E-state index in [4.69, 9.17) is 29.9 Å². The third kappa shape index (κ3) is 7.33. The van der Waals surface area contributed by atoms with Gasteiger partial charge < -0.3 is 9.47 Å². The number of esters is 1. The van der Waals surface area contributed by atoms with Crippen molar-refractivity contribution in [3.05, 3.63) is 209 Å². The molecule has 0 aliphatic carbocycles. The lowest BCUT2D eigenvalue weighted by molar-refractivity contribution is 0.0526. The molecule has 0 atom stereocenters. The zero-order valence-electron chi connectivity index (χ0n) is 32.0. The highest BCUT2D eigenvalue weighted by Crippen LogP contribution is 2.41. The van der Waals surface area contributed by atoms with Gasteiger partial charge in [0.05, 0.1) is 12.2 Å². The van der Waals surface area contributed by atoms with E-state index in [1.165, 1.54) is 0 Å². The number of rotatable bonds is 12. The van der Waals surface area contributed by atoms with Crippen molar-refractivity contribution in [2.24, 2.45) is 0 Å². The average molecular weight is 748 g/mol. The molecule has 280 valence electrons. The number of ether oxygens (including phenoxy) is 2. The second-order valence-electron chi connectivity index (χ2n) is 13.8. The molecule has 0 bridgehead atoms. The summed E-state index contributed by atoms with van der Waals surface area (Å²) in [5.41, 5.74) is 9.56. The van der Waals surface area contributed by atoms with Crippen molar-refractivity contribution < 1.29 is 14.3 Å². The highest BCUT2D eigenvalue weighted by Gasteiger charge is 2.41. The van der Waals surface area contributed by atoms with Crippen LogP contribution in [-0.2, 0) is 16.9 Å². The fourth-order valence-electron chi connectivity index (χ4n) is 7.52. The highest BCUT2D eigenvalue weighted by molar-refractivity contribution is 5.91. The molecule has 8 heteroatoms. The lowest BCUT2D eigenvalue weighted by Crippen LogP contribution is -2.39. The van der Waals surface area contributed by atoms with E-state index in [2.05, 4.69) is 66.7 Å².